The van der Waals surface area contributed by atoms with Gasteiger partial charge in [0.15, 0.2) is 6.10 Å². The number of sulfonamides is 1. The Bertz CT molecular complexity index is 1070. The van der Waals surface area contributed by atoms with Gasteiger partial charge in [0.05, 0.1) is 28.0 Å². The van der Waals surface area contributed by atoms with Crippen LogP contribution in [-0.4, -0.2) is 62.2 Å². The molecular formula is C22H27N3O5S2. The molecule has 8 nitrogen and oxygen atoms in total. The van der Waals surface area contributed by atoms with Gasteiger partial charge in [-0.2, -0.15) is 4.31 Å². The van der Waals surface area contributed by atoms with E-state index >= 15 is 0 Å². The summed E-state index contributed by atoms with van der Waals surface area (Å²) in [6, 6.07) is 7.31. The molecule has 1 N–H and O–H groups in total. The molecule has 1 saturated carbocycles. The zero-order valence-corrected chi connectivity index (χ0v) is 19.4. The van der Waals surface area contributed by atoms with Crippen molar-refractivity contribution in [2.45, 2.75) is 55.1 Å². The second-order valence-electron chi connectivity index (χ2n) is 8.57. The summed E-state index contributed by atoms with van der Waals surface area (Å²) in [5, 5.41) is 3.99. The average Bonchev–Trinajstić information content (AvgIpc) is 3.20. The van der Waals surface area contributed by atoms with Crippen LogP contribution in [0, 0.1) is 0 Å². The van der Waals surface area contributed by atoms with Gasteiger partial charge in [0.1, 0.15) is 0 Å². The van der Waals surface area contributed by atoms with Crippen LogP contribution in [0.1, 0.15) is 43.0 Å². The van der Waals surface area contributed by atoms with Crippen molar-refractivity contribution in [2.24, 2.45) is 0 Å². The minimum Gasteiger partial charge on any atom is -0.441 e. The van der Waals surface area contributed by atoms with E-state index in [0.717, 1.165) is 47.6 Å². The van der Waals surface area contributed by atoms with Crippen LogP contribution in [0.25, 0.3) is 10.4 Å². The second kappa shape index (κ2) is 9.09. The third-order valence-corrected chi connectivity index (χ3v) is 9.54. The number of hydrogen-bond donors (Lipinski definition) is 1. The maximum Gasteiger partial charge on any atom is 0.407 e. The maximum absolute atomic E-state index is 13.0. The summed E-state index contributed by atoms with van der Waals surface area (Å²) in [4.78, 5) is 17.8. The van der Waals surface area contributed by atoms with Crippen molar-refractivity contribution in [3.63, 3.8) is 0 Å². The molecule has 3 heterocycles. The van der Waals surface area contributed by atoms with Gasteiger partial charge in [-0.25, -0.2) is 18.2 Å². The van der Waals surface area contributed by atoms with E-state index in [9.17, 15) is 13.2 Å². The minimum absolute atomic E-state index is 0.113. The lowest BCUT2D eigenvalue weighted by Gasteiger charge is -2.30. The Labute approximate surface area is 192 Å². The molecule has 0 atom stereocenters. The Morgan fingerprint density at radius 3 is 2.56 bits per heavy atom. The van der Waals surface area contributed by atoms with Crippen molar-refractivity contribution < 1.29 is 22.7 Å². The minimum atomic E-state index is -3.47. The zero-order valence-electron chi connectivity index (χ0n) is 17.7. The van der Waals surface area contributed by atoms with Crippen LogP contribution in [-0.2, 0) is 19.5 Å². The fraction of sp³-hybridized carbons (Fsp3) is 0.545. The highest BCUT2D eigenvalue weighted by Crippen LogP contribution is 2.40. The molecule has 0 bridgehead atoms. The van der Waals surface area contributed by atoms with E-state index in [1.165, 1.54) is 4.31 Å². The molecule has 0 radical (unpaired) electrons. The number of carbonyl (C=O) groups excluding carboxylic acids is 1. The van der Waals surface area contributed by atoms with E-state index in [1.807, 2.05) is 12.1 Å². The molecule has 10 heteroatoms. The predicted octanol–water partition coefficient (Wildman–Crippen LogP) is 3.36. The molecule has 32 heavy (non-hydrogen) atoms. The zero-order chi connectivity index (χ0) is 22.1. The number of hydrogen-bond acceptors (Lipinski definition) is 7. The maximum atomic E-state index is 13.0. The van der Waals surface area contributed by atoms with Crippen LogP contribution in [0.15, 0.2) is 35.4 Å². The third kappa shape index (κ3) is 4.41. The molecule has 172 valence electrons. The lowest BCUT2D eigenvalue weighted by molar-refractivity contribution is -0.0985. The highest BCUT2D eigenvalue weighted by molar-refractivity contribution is 7.89. The van der Waals surface area contributed by atoms with E-state index in [1.54, 1.807) is 29.7 Å². The van der Waals surface area contributed by atoms with Crippen LogP contribution in [0.4, 0.5) is 4.79 Å². The molecule has 2 saturated heterocycles. The molecule has 3 fully saturated rings. The fourth-order valence-electron chi connectivity index (χ4n) is 4.28. The molecule has 1 amide bonds. The SMILES string of the molecule is O=C(N[C@H]1CC[C@H](c2ncc(-c3ccccc3S(=O)(=O)N3CCC3)s2)CC1)OC1COC1. The molecule has 0 unspecified atom stereocenters. The molecule has 5 rings (SSSR count). The summed E-state index contributed by atoms with van der Waals surface area (Å²) in [6.07, 6.45) is 5.83. The van der Waals surface area contributed by atoms with Crippen molar-refractivity contribution in [1.29, 1.82) is 0 Å². The van der Waals surface area contributed by atoms with Gasteiger partial charge in [-0.3, -0.25) is 0 Å². The number of thiazole rings is 1. The van der Waals surface area contributed by atoms with Gasteiger partial charge < -0.3 is 14.8 Å². The van der Waals surface area contributed by atoms with Crippen molar-refractivity contribution in [2.75, 3.05) is 26.3 Å². The van der Waals surface area contributed by atoms with E-state index in [4.69, 9.17) is 9.47 Å². The van der Waals surface area contributed by atoms with Crippen molar-refractivity contribution in [1.82, 2.24) is 14.6 Å². The van der Waals surface area contributed by atoms with Gasteiger partial charge in [-0.05, 0) is 38.2 Å². The molecule has 2 aromatic rings. The Balaban J connectivity index is 1.23. The first-order valence-corrected chi connectivity index (χ1v) is 13.4. The van der Waals surface area contributed by atoms with Gasteiger partial charge in [-0.1, -0.05) is 18.2 Å². The van der Waals surface area contributed by atoms with Gasteiger partial charge in [0.25, 0.3) is 0 Å². The van der Waals surface area contributed by atoms with Gasteiger partial charge in [-0.15, -0.1) is 11.3 Å². The van der Waals surface area contributed by atoms with E-state index in [2.05, 4.69) is 10.3 Å². The van der Waals surface area contributed by atoms with Gasteiger partial charge in [0, 0.05) is 36.8 Å². The van der Waals surface area contributed by atoms with Crippen LogP contribution >= 0.6 is 11.3 Å². The second-order valence-corrected chi connectivity index (χ2v) is 11.5. The number of nitrogens with zero attached hydrogens (tertiary/aromatic N) is 2. The average molecular weight is 478 g/mol. The Kier molecular flexibility index (Phi) is 6.20. The summed E-state index contributed by atoms with van der Waals surface area (Å²) in [7, 11) is -3.47. The van der Waals surface area contributed by atoms with Crippen LogP contribution in [0.5, 0.6) is 0 Å². The topological polar surface area (TPSA) is 97.8 Å². The number of carbonyl (C=O) groups is 1. The summed E-state index contributed by atoms with van der Waals surface area (Å²) < 4.78 is 37.8. The van der Waals surface area contributed by atoms with Crippen LogP contribution < -0.4 is 5.32 Å². The molecule has 1 aromatic heterocycles. The smallest absolute Gasteiger partial charge is 0.407 e. The number of rotatable bonds is 6. The summed E-state index contributed by atoms with van der Waals surface area (Å²) in [5.41, 5.74) is 0.723. The lowest BCUT2D eigenvalue weighted by Crippen LogP contribution is -2.44. The number of amides is 1. The summed E-state index contributed by atoms with van der Waals surface area (Å²) in [5.74, 6) is 0.321. The number of ether oxygens (including phenoxy) is 2. The molecule has 1 aromatic carbocycles. The quantitative estimate of drug-likeness (QED) is 0.685. The molecule has 1 aliphatic carbocycles. The highest BCUT2D eigenvalue weighted by atomic mass is 32.2. The number of benzene rings is 1. The Hall–Kier alpha value is -2.01. The Morgan fingerprint density at radius 2 is 1.91 bits per heavy atom. The summed E-state index contributed by atoms with van der Waals surface area (Å²) in [6.45, 7) is 2.14. The number of aromatic nitrogens is 1. The first-order valence-electron chi connectivity index (χ1n) is 11.1. The van der Waals surface area contributed by atoms with Gasteiger partial charge >= 0.3 is 6.09 Å². The largest absolute Gasteiger partial charge is 0.441 e. The normalized spacial score (nSPS) is 24.4. The number of nitrogens with one attached hydrogen (secondary N) is 1. The standard InChI is InChI=1S/C22H27N3O5S2/c26-22(30-17-13-29-14-17)24-16-8-6-15(7-9-16)21-23-12-19(31-21)18-4-1-2-5-20(18)32(27,28)25-10-3-11-25/h1-2,4-5,12,15-17H,3,6-11,13-14H2,(H,24,26)/t15-,16-. The number of alkyl carbamates (subject to hydrolysis) is 1. The van der Waals surface area contributed by atoms with E-state index < -0.39 is 10.0 Å². The monoisotopic (exact) mass is 477 g/mol. The fourth-order valence-corrected chi connectivity index (χ4v) is 7.20. The van der Waals surface area contributed by atoms with E-state index in [-0.39, 0.29) is 18.2 Å². The highest BCUT2D eigenvalue weighted by Gasteiger charge is 2.32. The lowest BCUT2D eigenvalue weighted by atomic mass is 9.86. The van der Waals surface area contributed by atoms with Crippen molar-refractivity contribution in [3.05, 3.63) is 35.5 Å². The van der Waals surface area contributed by atoms with Crippen molar-refractivity contribution in [3.8, 4) is 10.4 Å². The molecular weight excluding hydrogens is 450 g/mol. The first-order chi connectivity index (χ1) is 15.5. The Morgan fingerprint density at radius 1 is 1.16 bits per heavy atom. The predicted molar refractivity (Wildman–Crippen MR) is 120 cm³/mol. The third-order valence-electron chi connectivity index (χ3n) is 6.39. The van der Waals surface area contributed by atoms with Crippen LogP contribution in [0.3, 0.4) is 0 Å². The molecule has 3 aliphatic rings. The molecule has 2 aliphatic heterocycles. The van der Waals surface area contributed by atoms with E-state index in [0.29, 0.717) is 37.1 Å². The van der Waals surface area contributed by atoms with Crippen molar-refractivity contribution >= 4 is 27.5 Å². The van der Waals surface area contributed by atoms with Gasteiger partial charge in [0.2, 0.25) is 10.0 Å². The summed E-state index contributed by atoms with van der Waals surface area (Å²) >= 11 is 1.57. The first kappa shape index (κ1) is 21.8. The van der Waals surface area contributed by atoms with Crippen LogP contribution in [0.2, 0.25) is 0 Å². The molecule has 0 spiro atoms.